The van der Waals surface area contributed by atoms with Crippen molar-refractivity contribution in [2.24, 2.45) is 11.3 Å². The first-order valence-electron chi connectivity index (χ1n) is 6.12. The number of rotatable bonds is 3. The van der Waals surface area contributed by atoms with E-state index < -0.39 is 0 Å². The predicted octanol–water partition coefficient (Wildman–Crippen LogP) is 4.13. The average molecular weight is 208 g/mol. The third-order valence-electron chi connectivity index (χ3n) is 3.91. The second-order valence-electron chi connectivity index (χ2n) is 5.47. The predicted molar refractivity (Wildman–Crippen MR) is 64.8 cm³/mol. The summed E-state index contributed by atoms with van der Waals surface area (Å²) in [5.74, 6) is 0.940. The van der Waals surface area contributed by atoms with E-state index in [9.17, 15) is 4.79 Å². The summed E-state index contributed by atoms with van der Waals surface area (Å²) in [7, 11) is 0. The summed E-state index contributed by atoms with van der Waals surface area (Å²) in [6.07, 6.45) is 3.75. The summed E-state index contributed by atoms with van der Waals surface area (Å²) in [4.78, 5) is 11.6. The standard InChI is InChI=1S/C14H24O/c1-6-10(3)12(7-2)13-8-11(15)9-14(13,4)5/h13H,6-9H2,1-5H3/b12-10+/t13-/m0/s1. The molecule has 0 N–H and O–H groups in total. The van der Waals surface area contributed by atoms with Gasteiger partial charge in [0.05, 0.1) is 0 Å². The normalized spacial score (nSPS) is 26.7. The zero-order valence-corrected chi connectivity index (χ0v) is 10.8. The van der Waals surface area contributed by atoms with Crippen LogP contribution in [0.2, 0.25) is 0 Å². The van der Waals surface area contributed by atoms with Crippen LogP contribution in [0.4, 0.5) is 0 Å². The Bertz CT molecular complexity index is 284. The van der Waals surface area contributed by atoms with Crippen molar-refractivity contribution in [3.63, 3.8) is 0 Å². The van der Waals surface area contributed by atoms with Gasteiger partial charge < -0.3 is 0 Å². The van der Waals surface area contributed by atoms with Gasteiger partial charge in [0.15, 0.2) is 0 Å². The molecular formula is C14H24O. The Kier molecular flexibility index (Phi) is 3.75. The van der Waals surface area contributed by atoms with Crippen LogP contribution in [0.5, 0.6) is 0 Å². The molecule has 1 aliphatic carbocycles. The maximum Gasteiger partial charge on any atom is 0.134 e. The van der Waals surface area contributed by atoms with E-state index in [0.717, 1.165) is 25.7 Å². The maximum absolute atomic E-state index is 11.6. The highest BCUT2D eigenvalue weighted by Crippen LogP contribution is 2.46. The molecule has 0 aromatic heterocycles. The number of carbonyl (C=O) groups is 1. The van der Waals surface area contributed by atoms with Crippen molar-refractivity contribution in [2.75, 3.05) is 0 Å². The SMILES string of the molecule is CC/C(C)=C(\CC)[C@@H]1CC(=O)CC1(C)C. The van der Waals surface area contributed by atoms with Crippen molar-refractivity contribution in [3.05, 3.63) is 11.1 Å². The van der Waals surface area contributed by atoms with Crippen LogP contribution < -0.4 is 0 Å². The van der Waals surface area contributed by atoms with Gasteiger partial charge in [-0.1, -0.05) is 38.8 Å². The summed E-state index contributed by atoms with van der Waals surface area (Å²) in [6.45, 7) is 11.1. The summed E-state index contributed by atoms with van der Waals surface area (Å²) in [5.41, 5.74) is 3.21. The van der Waals surface area contributed by atoms with E-state index in [0.29, 0.717) is 11.7 Å². The van der Waals surface area contributed by atoms with Crippen molar-refractivity contribution >= 4 is 5.78 Å². The monoisotopic (exact) mass is 208 g/mol. The van der Waals surface area contributed by atoms with Crippen LogP contribution in [0.1, 0.15) is 60.3 Å². The quantitative estimate of drug-likeness (QED) is 0.637. The van der Waals surface area contributed by atoms with Gasteiger partial charge in [-0.25, -0.2) is 0 Å². The minimum absolute atomic E-state index is 0.179. The molecule has 1 atom stereocenters. The van der Waals surface area contributed by atoms with Gasteiger partial charge in [-0.3, -0.25) is 4.79 Å². The highest BCUT2D eigenvalue weighted by molar-refractivity contribution is 5.82. The molecule has 1 fully saturated rings. The zero-order chi connectivity index (χ0) is 11.6. The van der Waals surface area contributed by atoms with Crippen LogP contribution >= 0.6 is 0 Å². The zero-order valence-electron chi connectivity index (χ0n) is 10.8. The van der Waals surface area contributed by atoms with Crippen LogP contribution in [-0.2, 0) is 4.79 Å². The van der Waals surface area contributed by atoms with Gasteiger partial charge >= 0.3 is 0 Å². The van der Waals surface area contributed by atoms with Crippen LogP contribution in [0.3, 0.4) is 0 Å². The molecule has 1 nitrogen and oxygen atoms in total. The van der Waals surface area contributed by atoms with E-state index in [4.69, 9.17) is 0 Å². The molecule has 1 aliphatic rings. The van der Waals surface area contributed by atoms with Gasteiger partial charge in [-0.15, -0.1) is 0 Å². The number of hydrogen-bond donors (Lipinski definition) is 0. The Hall–Kier alpha value is -0.590. The van der Waals surface area contributed by atoms with Gasteiger partial charge in [0, 0.05) is 12.8 Å². The third kappa shape index (κ3) is 2.50. The van der Waals surface area contributed by atoms with Crippen molar-refractivity contribution in [3.8, 4) is 0 Å². The highest BCUT2D eigenvalue weighted by Gasteiger charge is 2.41. The van der Waals surface area contributed by atoms with E-state index in [-0.39, 0.29) is 5.41 Å². The highest BCUT2D eigenvalue weighted by atomic mass is 16.1. The van der Waals surface area contributed by atoms with Crippen LogP contribution in [-0.4, -0.2) is 5.78 Å². The smallest absolute Gasteiger partial charge is 0.134 e. The van der Waals surface area contributed by atoms with Crippen LogP contribution in [0.25, 0.3) is 0 Å². The number of hydrogen-bond acceptors (Lipinski definition) is 1. The van der Waals surface area contributed by atoms with Crippen LogP contribution in [0.15, 0.2) is 11.1 Å². The first kappa shape index (κ1) is 12.5. The Morgan fingerprint density at radius 2 is 1.93 bits per heavy atom. The minimum Gasteiger partial charge on any atom is -0.300 e. The molecule has 0 spiro atoms. The molecule has 86 valence electrons. The molecule has 0 amide bonds. The largest absolute Gasteiger partial charge is 0.300 e. The molecule has 1 saturated carbocycles. The summed E-state index contributed by atoms with van der Waals surface area (Å²) >= 11 is 0. The van der Waals surface area contributed by atoms with Gasteiger partial charge in [-0.05, 0) is 31.1 Å². The van der Waals surface area contributed by atoms with E-state index in [1.54, 1.807) is 0 Å². The van der Waals surface area contributed by atoms with E-state index in [1.807, 2.05) is 0 Å². The molecule has 0 aliphatic heterocycles. The minimum atomic E-state index is 0.179. The number of carbonyl (C=O) groups excluding carboxylic acids is 1. The Labute approximate surface area is 93.9 Å². The van der Waals surface area contributed by atoms with Crippen molar-refractivity contribution < 1.29 is 4.79 Å². The first-order valence-corrected chi connectivity index (χ1v) is 6.12. The Morgan fingerprint density at radius 1 is 1.33 bits per heavy atom. The van der Waals surface area contributed by atoms with E-state index in [2.05, 4.69) is 34.6 Å². The summed E-state index contributed by atoms with van der Waals surface area (Å²) < 4.78 is 0. The molecule has 15 heavy (non-hydrogen) atoms. The molecule has 0 saturated heterocycles. The lowest BCUT2D eigenvalue weighted by Gasteiger charge is -2.29. The molecule has 0 radical (unpaired) electrons. The van der Waals surface area contributed by atoms with Gasteiger partial charge in [-0.2, -0.15) is 0 Å². The molecule has 1 rings (SSSR count). The first-order chi connectivity index (χ1) is 6.92. The molecule has 0 aromatic rings. The lowest BCUT2D eigenvalue weighted by molar-refractivity contribution is -0.117. The van der Waals surface area contributed by atoms with Crippen molar-refractivity contribution in [1.29, 1.82) is 0 Å². The second-order valence-corrected chi connectivity index (χ2v) is 5.47. The number of allylic oxidation sites excluding steroid dienone is 2. The maximum atomic E-state index is 11.6. The van der Waals surface area contributed by atoms with Crippen LogP contribution in [0, 0.1) is 11.3 Å². The topological polar surface area (TPSA) is 17.1 Å². The third-order valence-corrected chi connectivity index (χ3v) is 3.91. The fourth-order valence-electron chi connectivity index (χ4n) is 2.88. The van der Waals surface area contributed by atoms with Crippen molar-refractivity contribution in [1.82, 2.24) is 0 Å². The van der Waals surface area contributed by atoms with Gasteiger partial charge in [0.25, 0.3) is 0 Å². The lowest BCUT2D eigenvalue weighted by atomic mass is 9.75. The van der Waals surface area contributed by atoms with Gasteiger partial charge in [0.2, 0.25) is 0 Å². The number of Topliss-reactive ketones (excluding diaryl/α,β-unsaturated/α-hetero) is 1. The number of ketones is 1. The van der Waals surface area contributed by atoms with E-state index >= 15 is 0 Å². The molecule has 0 aromatic carbocycles. The second kappa shape index (κ2) is 4.51. The fraction of sp³-hybridized carbons (Fsp3) is 0.786. The lowest BCUT2D eigenvalue weighted by Crippen LogP contribution is -2.20. The fourth-order valence-corrected chi connectivity index (χ4v) is 2.88. The Morgan fingerprint density at radius 3 is 2.27 bits per heavy atom. The molecule has 0 heterocycles. The molecule has 0 unspecified atom stereocenters. The Balaban J connectivity index is 3.01. The molecule has 0 bridgehead atoms. The summed E-state index contributed by atoms with van der Waals surface area (Å²) in [6, 6.07) is 0. The molecular weight excluding hydrogens is 184 g/mol. The van der Waals surface area contributed by atoms with E-state index in [1.165, 1.54) is 11.1 Å². The van der Waals surface area contributed by atoms with Crippen molar-refractivity contribution in [2.45, 2.75) is 60.3 Å². The molecule has 1 heteroatoms. The summed E-state index contributed by atoms with van der Waals surface area (Å²) in [5, 5.41) is 0. The van der Waals surface area contributed by atoms with Gasteiger partial charge in [0.1, 0.15) is 5.78 Å². The average Bonchev–Trinajstić information content (AvgIpc) is 2.41.